The van der Waals surface area contributed by atoms with Crippen LogP contribution in [0.25, 0.3) is 0 Å². The summed E-state index contributed by atoms with van der Waals surface area (Å²) in [6.45, 7) is 3.69. The van der Waals surface area contributed by atoms with Crippen LogP contribution in [0.3, 0.4) is 0 Å². The summed E-state index contributed by atoms with van der Waals surface area (Å²) >= 11 is 3.39. The number of hydrogen-bond acceptors (Lipinski definition) is 2. The number of ether oxygens (including phenoxy) is 1. The fourth-order valence-corrected chi connectivity index (χ4v) is 3.46. The molecule has 2 aliphatic carbocycles. The molecule has 0 aromatic heterocycles. The zero-order valence-corrected chi connectivity index (χ0v) is 14.5. The zero-order chi connectivity index (χ0) is 17.3. The first-order valence-corrected chi connectivity index (χ1v) is 8.16. The van der Waals surface area contributed by atoms with E-state index in [-0.39, 0.29) is 12.5 Å². The van der Waals surface area contributed by atoms with Gasteiger partial charge >= 0.3 is 12.1 Å². The SMILES string of the molecule is CCOC(=O)C1=CC=C(Br)CC1[C@@]1(C)C=C(C(F)(F)F)C=CC1. The monoisotopic (exact) mass is 390 g/mol. The molecule has 2 atom stereocenters. The van der Waals surface area contributed by atoms with Gasteiger partial charge in [0, 0.05) is 11.5 Å². The number of rotatable bonds is 3. The van der Waals surface area contributed by atoms with Crippen LogP contribution in [0.4, 0.5) is 13.2 Å². The van der Waals surface area contributed by atoms with Crippen molar-refractivity contribution in [2.75, 3.05) is 6.61 Å². The molecule has 6 heteroatoms. The Morgan fingerprint density at radius 1 is 1.43 bits per heavy atom. The van der Waals surface area contributed by atoms with Crippen LogP contribution >= 0.6 is 15.9 Å². The summed E-state index contributed by atoms with van der Waals surface area (Å²) in [5.74, 6) is -0.838. The maximum absolute atomic E-state index is 13.1. The summed E-state index contributed by atoms with van der Waals surface area (Å²) in [6.07, 6.45) is 3.77. The Bertz CT molecular complexity index is 614. The molecule has 1 unspecified atom stereocenters. The van der Waals surface area contributed by atoms with E-state index in [4.69, 9.17) is 4.74 Å². The zero-order valence-electron chi connectivity index (χ0n) is 12.9. The first-order chi connectivity index (χ1) is 10.7. The van der Waals surface area contributed by atoms with Gasteiger partial charge in [-0.15, -0.1) is 0 Å². The first-order valence-electron chi connectivity index (χ1n) is 7.37. The topological polar surface area (TPSA) is 26.3 Å². The van der Waals surface area contributed by atoms with Crippen molar-refractivity contribution in [1.29, 1.82) is 0 Å². The van der Waals surface area contributed by atoms with E-state index in [9.17, 15) is 18.0 Å². The second kappa shape index (κ2) is 6.67. The number of allylic oxidation sites excluding steroid dienone is 7. The molecule has 0 spiro atoms. The molecule has 2 rings (SSSR count). The molecule has 0 heterocycles. The van der Waals surface area contributed by atoms with Crippen LogP contribution in [0.1, 0.15) is 26.7 Å². The van der Waals surface area contributed by atoms with Gasteiger partial charge in [0.2, 0.25) is 0 Å². The van der Waals surface area contributed by atoms with E-state index in [1.807, 2.05) is 0 Å². The Balaban J connectivity index is 2.40. The summed E-state index contributed by atoms with van der Waals surface area (Å²) in [7, 11) is 0. The quantitative estimate of drug-likeness (QED) is 0.616. The summed E-state index contributed by atoms with van der Waals surface area (Å²) in [4.78, 5) is 12.2. The molecule has 0 saturated carbocycles. The van der Waals surface area contributed by atoms with E-state index in [2.05, 4.69) is 15.9 Å². The summed E-state index contributed by atoms with van der Waals surface area (Å²) in [5, 5.41) is 0. The van der Waals surface area contributed by atoms with Crippen LogP contribution in [0.2, 0.25) is 0 Å². The highest BCUT2D eigenvalue weighted by molar-refractivity contribution is 9.11. The number of halogens is 4. The Labute approximate surface area is 141 Å². The van der Waals surface area contributed by atoms with Crippen LogP contribution in [0.5, 0.6) is 0 Å². The van der Waals surface area contributed by atoms with Crippen LogP contribution in [-0.4, -0.2) is 18.8 Å². The van der Waals surface area contributed by atoms with Gasteiger partial charge in [-0.3, -0.25) is 0 Å². The van der Waals surface area contributed by atoms with Gasteiger partial charge in [-0.1, -0.05) is 53.2 Å². The van der Waals surface area contributed by atoms with E-state index < -0.39 is 23.1 Å². The van der Waals surface area contributed by atoms with Gasteiger partial charge in [0.15, 0.2) is 0 Å². The number of alkyl halides is 3. The minimum Gasteiger partial charge on any atom is -0.463 e. The second-order valence-electron chi connectivity index (χ2n) is 5.92. The minimum atomic E-state index is -4.40. The Kier molecular flexibility index (Phi) is 5.23. The predicted molar refractivity (Wildman–Crippen MR) is 85.8 cm³/mol. The van der Waals surface area contributed by atoms with E-state index in [1.165, 1.54) is 12.2 Å². The van der Waals surface area contributed by atoms with Gasteiger partial charge in [-0.25, -0.2) is 4.79 Å². The molecule has 0 aromatic carbocycles. The molecular formula is C17H18BrF3O2. The third-order valence-electron chi connectivity index (χ3n) is 4.19. The van der Waals surface area contributed by atoms with Gasteiger partial charge < -0.3 is 4.74 Å². The van der Waals surface area contributed by atoms with Crippen LogP contribution in [0, 0.1) is 11.3 Å². The lowest BCUT2D eigenvalue weighted by atomic mass is 9.66. The van der Waals surface area contributed by atoms with E-state index in [0.29, 0.717) is 18.4 Å². The molecule has 126 valence electrons. The summed E-state index contributed by atoms with van der Waals surface area (Å²) < 4.78 is 45.1. The number of carbonyl (C=O) groups excluding carboxylic acids is 1. The van der Waals surface area contributed by atoms with Crippen molar-refractivity contribution < 1.29 is 22.7 Å². The van der Waals surface area contributed by atoms with Crippen molar-refractivity contribution in [3.8, 4) is 0 Å². The van der Waals surface area contributed by atoms with E-state index in [0.717, 1.165) is 10.6 Å². The Morgan fingerprint density at radius 2 is 2.13 bits per heavy atom. The van der Waals surface area contributed by atoms with Crippen molar-refractivity contribution in [2.24, 2.45) is 11.3 Å². The van der Waals surface area contributed by atoms with Crippen molar-refractivity contribution in [2.45, 2.75) is 32.9 Å². The lowest BCUT2D eigenvalue weighted by Crippen LogP contribution is -2.34. The maximum Gasteiger partial charge on any atom is 0.416 e. The predicted octanol–water partition coefficient (Wildman–Crippen LogP) is 5.23. The van der Waals surface area contributed by atoms with Gasteiger partial charge in [0.1, 0.15) is 0 Å². The molecular weight excluding hydrogens is 373 g/mol. The molecule has 2 aliphatic rings. The molecule has 0 aromatic rings. The largest absolute Gasteiger partial charge is 0.463 e. The van der Waals surface area contributed by atoms with Crippen LogP contribution in [0.15, 0.2) is 46.0 Å². The molecule has 23 heavy (non-hydrogen) atoms. The molecule has 0 aliphatic heterocycles. The Morgan fingerprint density at radius 3 is 2.74 bits per heavy atom. The van der Waals surface area contributed by atoms with E-state index >= 15 is 0 Å². The molecule has 0 fully saturated rings. The average molecular weight is 391 g/mol. The number of esters is 1. The highest BCUT2D eigenvalue weighted by Crippen LogP contribution is 2.48. The van der Waals surface area contributed by atoms with Crippen LogP contribution in [-0.2, 0) is 9.53 Å². The molecule has 0 N–H and O–H groups in total. The first kappa shape index (κ1) is 18.0. The van der Waals surface area contributed by atoms with Crippen molar-refractivity contribution in [3.63, 3.8) is 0 Å². The molecule has 0 radical (unpaired) electrons. The molecule has 0 bridgehead atoms. The molecule has 0 saturated heterocycles. The van der Waals surface area contributed by atoms with Crippen molar-refractivity contribution in [3.05, 3.63) is 46.0 Å². The summed E-state index contributed by atoms with van der Waals surface area (Å²) in [6, 6.07) is 0. The summed E-state index contributed by atoms with van der Waals surface area (Å²) in [5.41, 5.74) is -1.04. The fourth-order valence-electron chi connectivity index (χ4n) is 3.00. The van der Waals surface area contributed by atoms with Gasteiger partial charge in [0.25, 0.3) is 0 Å². The van der Waals surface area contributed by atoms with E-state index in [1.54, 1.807) is 26.0 Å². The van der Waals surface area contributed by atoms with Gasteiger partial charge in [0.05, 0.1) is 12.2 Å². The van der Waals surface area contributed by atoms with Gasteiger partial charge in [-0.05, 0) is 29.7 Å². The maximum atomic E-state index is 13.1. The Hall–Kier alpha value is -1.30. The normalized spacial score (nSPS) is 27.9. The smallest absolute Gasteiger partial charge is 0.416 e. The average Bonchev–Trinajstić information content (AvgIpc) is 2.46. The highest BCUT2D eigenvalue weighted by Gasteiger charge is 2.43. The lowest BCUT2D eigenvalue weighted by Gasteiger charge is -2.39. The number of carbonyl (C=O) groups is 1. The second-order valence-corrected chi connectivity index (χ2v) is 6.94. The fraction of sp³-hybridized carbons (Fsp3) is 0.471. The molecule has 0 amide bonds. The third kappa shape index (κ3) is 3.97. The van der Waals surface area contributed by atoms with Crippen molar-refractivity contribution in [1.82, 2.24) is 0 Å². The minimum absolute atomic E-state index is 0.230. The number of hydrogen-bond donors (Lipinski definition) is 0. The van der Waals surface area contributed by atoms with Gasteiger partial charge in [-0.2, -0.15) is 13.2 Å². The lowest BCUT2D eigenvalue weighted by molar-refractivity contribution is -0.139. The van der Waals surface area contributed by atoms with Crippen molar-refractivity contribution >= 4 is 21.9 Å². The molecule has 2 nitrogen and oxygen atoms in total. The standard InChI is InChI=1S/C17H18BrF3O2/c1-3-23-15(22)13-7-6-12(18)9-14(13)16(2)8-4-5-11(10-16)17(19,20)21/h4-7,10,14H,3,8-9H2,1-2H3/t14?,16-/m1/s1. The third-order valence-corrected chi connectivity index (χ3v) is 4.78. The van der Waals surface area contributed by atoms with Crippen LogP contribution < -0.4 is 0 Å². The highest BCUT2D eigenvalue weighted by atomic mass is 79.9.